The molecule has 0 saturated carbocycles. The average molecular weight is 270 g/mol. The monoisotopic (exact) mass is 270 g/mol. The Morgan fingerprint density at radius 2 is 2.50 bits per heavy atom. The Balaban J connectivity index is 2.48. The molecule has 1 saturated heterocycles. The predicted octanol–water partition coefficient (Wildman–Crippen LogP) is 1.57. The van der Waals surface area contributed by atoms with E-state index < -0.39 is 0 Å². The molecular formula is C6H11IN2S. The average Bonchev–Trinajstić information content (AvgIpc) is 2.30. The fourth-order valence-electron chi connectivity index (χ4n) is 1.16. The van der Waals surface area contributed by atoms with E-state index in [1.807, 2.05) is 6.08 Å². The molecule has 2 nitrogen and oxygen atoms in total. The van der Waals surface area contributed by atoms with Gasteiger partial charge in [-0.15, -0.1) is 6.58 Å². The first-order chi connectivity index (χ1) is 4.77. The number of halogens is 1. The van der Waals surface area contributed by atoms with E-state index in [2.05, 4.69) is 32.1 Å². The first-order valence-electron chi connectivity index (χ1n) is 3.21. The van der Waals surface area contributed by atoms with Crippen LogP contribution >= 0.6 is 30.3 Å². The summed E-state index contributed by atoms with van der Waals surface area (Å²) in [7, 11) is 1.72. The Hall–Kier alpha value is 0.740. The second-order valence-corrected chi connectivity index (χ2v) is 4.26. The molecule has 0 aromatic heterocycles. The highest BCUT2D eigenvalue weighted by Gasteiger charge is 2.27. The molecule has 2 atom stereocenters. The summed E-state index contributed by atoms with van der Waals surface area (Å²) in [5, 5.41) is 0. The molecule has 1 fully saturated rings. The van der Waals surface area contributed by atoms with Gasteiger partial charge < -0.3 is 5.73 Å². The van der Waals surface area contributed by atoms with E-state index in [4.69, 9.17) is 5.73 Å². The van der Waals surface area contributed by atoms with Crippen LogP contribution in [0.4, 0.5) is 0 Å². The zero-order valence-electron chi connectivity index (χ0n) is 5.66. The van der Waals surface area contributed by atoms with Crippen molar-refractivity contribution in [1.29, 1.82) is 0 Å². The van der Waals surface area contributed by atoms with Gasteiger partial charge in [0.2, 0.25) is 0 Å². The van der Waals surface area contributed by atoms with Crippen molar-refractivity contribution in [3.63, 3.8) is 0 Å². The van der Waals surface area contributed by atoms with Crippen molar-refractivity contribution in [2.45, 2.75) is 18.5 Å². The molecule has 0 unspecified atom stereocenters. The lowest BCUT2D eigenvalue weighted by atomic mass is 10.2. The van der Waals surface area contributed by atoms with E-state index in [1.54, 1.807) is 9.12 Å². The van der Waals surface area contributed by atoms with Crippen molar-refractivity contribution in [2.75, 3.05) is 6.54 Å². The van der Waals surface area contributed by atoms with Gasteiger partial charge >= 0.3 is 0 Å². The fourth-order valence-corrected chi connectivity index (χ4v) is 3.04. The van der Waals surface area contributed by atoms with Gasteiger partial charge in [-0.25, -0.2) is 4.31 Å². The summed E-state index contributed by atoms with van der Waals surface area (Å²) < 4.78 is 2.26. The number of hydrogen-bond donors (Lipinski definition) is 1. The van der Waals surface area contributed by atoms with Gasteiger partial charge in [0.1, 0.15) is 0 Å². The minimum atomic E-state index is 0.338. The summed E-state index contributed by atoms with van der Waals surface area (Å²) in [5.41, 5.74) is 5.76. The maximum atomic E-state index is 5.76. The van der Waals surface area contributed by atoms with Crippen LogP contribution in [-0.4, -0.2) is 22.9 Å². The summed E-state index contributed by atoms with van der Waals surface area (Å²) in [6.07, 6.45) is 3.03. The molecule has 1 aliphatic heterocycles. The molecule has 2 N–H and O–H groups in total. The Kier molecular flexibility index (Phi) is 3.48. The lowest BCUT2D eigenvalue weighted by molar-refractivity contribution is 0.509. The van der Waals surface area contributed by atoms with Crippen molar-refractivity contribution in [3.8, 4) is 0 Å². The highest BCUT2D eigenvalue weighted by atomic mass is 127. The van der Waals surface area contributed by atoms with Crippen LogP contribution in [0.1, 0.15) is 6.42 Å². The molecule has 0 spiro atoms. The predicted molar refractivity (Wildman–Crippen MR) is 54.9 cm³/mol. The third kappa shape index (κ3) is 1.87. The van der Waals surface area contributed by atoms with Gasteiger partial charge in [0, 0.05) is 39.8 Å². The fraction of sp³-hybridized carbons (Fsp3) is 0.667. The third-order valence-corrected chi connectivity index (χ3v) is 3.80. The zero-order chi connectivity index (χ0) is 7.56. The van der Waals surface area contributed by atoms with Crippen molar-refractivity contribution in [2.24, 2.45) is 5.73 Å². The molecule has 0 aromatic carbocycles. The van der Waals surface area contributed by atoms with Crippen LogP contribution < -0.4 is 5.73 Å². The van der Waals surface area contributed by atoms with E-state index in [-0.39, 0.29) is 0 Å². The Morgan fingerprint density at radius 3 is 2.90 bits per heavy atom. The van der Waals surface area contributed by atoms with E-state index in [0.29, 0.717) is 12.1 Å². The summed E-state index contributed by atoms with van der Waals surface area (Å²) in [6, 6.07) is 0.821. The number of nitrogens with zero attached hydrogens (tertiary/aromatic N) is 1. The highest BCUT2D eigenvalue weighted by molar-refractivity contribution is 14.2. The SMILES string of the molecule is C=C[C@H]1C[C@@H](N)CN1SI. The minimum Gasteiger partial charge on any atom is -0.326 e. The molecule has 0 amide bonds. The number of rotatable bonds is 2. The van der Waals surface area contributed by atoms with Crippen molar-refractivity contribution in [3.05, 3.63) is 12.7 Å². The number of hydrogen-bond acceptors (Lipinski definition) is 3. The summed E-state index contributed by atoms with van der Waals surface area (Å²) in [5.74, 6) is 0. The smallest absolute Gasteiger partial charge is 0.0403 e. The normalized spacial score (nSPS) is 34.6. The quantitative estimate of drug-likeness (QED) is 0.469. The topological polar surface area (TPSA) is 29.3 Å². The third-order valence-electron chi connectivity index (χ3n) is 1.69. The van der Waals surface area contributed by atoms with Crippen LogP contribution in [0.2, 0.25) is 0 Å². The van der Waals surface area contributed by atoms with Gasteiger partial charge in [-0.2, -0.15) is 0 Å². The first kappa shape index (κ1) is 8.83. The molecule has 0 aromatic rings. The minimum absolute atomic E-state index is 0.338. The second-order valence-electron chi connectivity index (χ2n) is 2.47. The lowest BCUT2D eigenvalue weighted by Crippen LogP contribution is -2.22. The Morgan fingerprint density at radius 1 is 1.80 bits per heavy atom. The van der Waals surface area contributed by atoms with Crippen molar-refractivity contribution < 1.29 is 0 Å². The molecule has 4 heteroatoms. The molecule has 58 valence electrons. The zero-order valence-corrected chi connectivity index (χ0v) is 8.64. The van der Waals surface area contributed by atoms with Gasteiger partial charge in [-0.05, 0) is 15.5 Å². The molecule has 0 aliphatic carbocycles. The Bertz CT molecular complexity index is 131. The standard InChI is InChI=1S/C6H11IN2S/c1-2-6-3-5(8)4-9(6)10-7/h2,5-6H,1,3-4,8H2/t5-,6+/m1/s1. The summed E-state index contributed by atoms with van der Waals surface area (Å²) in [4.78, 5) is 0. The second kappa shape index (κ2) is 3.94. The maximum absolute atomic E-state index is 5.76. The van der Waals surface area contributed by atoms with Gasteiger partial charge in [0.15, 0.2) is 0 Å². The summed E-state index contributed by atoms with van der Waals surface area (Å²) in [6.45, 7) is 4.75. The van der Waals surface area contributed by atoms with Gasteiger partial charge in [0.25, 0.3) is 0 Å². The molecule has 1 rings (SSSR count). The van der Waals surface area contributed by atoms with E-state index in [0.717, 1.165) is 13.0 Å². The highest BCUT2D eigenvalue weighted by Crippen LogP contribution is 2.29. The van der Waals surface area contributed by atoms with E-state index in [9.17, 15) is 0 Å². The van der Waals surface area contributed by atoms with Crippen molar-refractivity contribution >= 4 is 30.3 Å². The van der Waals surface area contributed by atoms with E-state index >= 15 is 0 Å². The van der Waals surface area contributed by atoms with Crippen LogP contribution in [0.15, 0.2) is 12.7 Å². The lowest BCUT2D eigenvalue weighted by Gasteiger charge is -2.15. The van der Waals surface area contributed by atoms with Crippen LogP contribution in [0, 0.1) is 0 Å². The maximum Gasteiger partial charge on any atom is 0.0403 e. The largest absolute Gasteiger partial charge is 0.326 e. The first-order valence-corrected chi connectivity index (χ1v) is 6.53. The van der Waals surface area contributed by atoms with E-state index in [1.165, 1.54) is 0 Å². The molecule has 1 aliphatic rings. The van der Waals surface area contributed by atoms with Gasteiger partial charge in [-0.1, -0.05) is 6.08 Å². The molecular weight excluding hydrogens is 259 g/mol. The molecule has 1 heterocycles. The molecule has 0 bridgehead atoms. The molecule has 0 radical (unpaired) electrons. The van der Waals surface area contributed by atoms with Crippen molar-refractivity contribution in [1.82, 2.24) is 4.31 Å². The van der Waals surface area contributed by atoms with Crippen LogP contribution in [0.25, 0.3) is 0 Å². The summed E-state index contributed by atoms with van der Waals surface area (Å²) >= 11 is 2.28. The van der Waals surface area contributed by atoms with Crippen LogP contribution in [-0.2, 0) is 0 Å². The van der Waals surface area contributed by atoms with Crippen LogP contribution in [0.5, 0.6) is 0 Å². The number of nitrogens with two attached hydrogens (primary N) is 1. The van der Waals surface area contributed by atoms with Crippen LogP contribution in [0.3, 0.4) is 0 Å². The molecule has 10 heavy (non-hydrogen) atoms. The van der Waals surface area contributed by atoms with Gasteiger partial charge in [0.05, 0.1) is 0 Å². The van der Waals surface area contributed by atoms with Gasteiger partial charge in [-0.3, -0.25) is 0 Å². The Labute approximate surface area is 77.9 Å².